The van der Waals surface area contributed by atoms with Gasteiger partial charge in [0, 0.05) is 16.0 Å². The molecule has 1 aliphatic heterocycles. The molecule has 0 spiro atoms. The molecule has 0 saturated carbocycles. The molecule has 3 heterocycles. The Kier molecular flexibility index (Phi) is 4.22. The summed E-state index contributed by atoms with van der Waals surface area (Å²) in [5.41, 5.74) is 1.82. The molecule has 9 heteroatoms. The van der Waals surface area contributed by atoms with Crippen LogP contribution >= 0.6 is 57.6 Å². The van der Waals surface area contributed by atoms with Crippen molar-refractivity contribution >= 4 is 84.9 Å². The average Bonchev–Trinajstić information content (AvgIpc) is 3.13. The van der Waals surface area contributed by atoms with Gasteiger partial charge < -0.3 is 10.4 Å². The lowest BCUT2D eigenvalue weighted by atomic mass is 10.3. The van der Waals surface area contributed by atoms with Crippen molar-refractivity contribution in [1.29, 1.82) is 0 Å². The summed E-state index contributed by atoms with van der Waals surface area (Å²) in [5, 5.41) is 15.0. The fraction of sp³-hybridized carbons (Fsp3) is 0.0667. The second-order valence-corrected chi connectivity index (χ2v) is 9.51. The number of halogens is 2. The Hall–Kier alpha value is -1.25. The van der Waals surface area contributed by atoms with Crippen molar-refractivity contribution in [2.24, 2.45) is 0 Å². The van der Waals surface area contributed by atoms with Crippen LogP contribution < -0.4 is 9.88 Å². The van der Waals surface area contributed by atoms with Crippen molar-refractivity contribution in [3.63, 3.8) is 0 Å². The summed E-state index contributed by atoms with van der Waals surface area (Å²) in [4.78, 5) is 12.3. The van der Waals surface area contributed by atoms with Crippen molar-refractivity contribution in [3.05, 3.63) is 43.7 Å². The van der Waals surface area contributed by atoms with Crippen LogP contribution in [0.2, 0.25) is 9.36 Å². The largest absolute Gasteiger partial charge is 0.477 e. The fourth-order valence-corrected chi connectivity index (χ4v) is 6.29. The molecule has 122 valence electrons. The summed E-state index contributed by atoms with van der Waals surface area (Å²) in [6.07, 6.45) is 1.97. The molecular formula is C15H9Cl2N2O2S3+. The summed E-state index contributed by atoms with van der Waals surface area (Å²) in [6, 6.07) is 7.51. The highest BCUT2D eigenvalue weighted by molar-refractivity contribution is 8.03. The van der Waals surface area contributed by atoms with Crippen molar-refractivity contribution in [1.82, 2.24) is 0 Å². The lowest BCUT2D eigenvalue weighted by molar-refractivity contribution is -0.657. The van der Waals surface area contributed by atoms with Crippen LogP contribution in [0.15, 0.2) is 34.2 Å². The van der Waals surface area contributed by atoms with Crippen LogP contribution in [-0.4, -0.2) is 11.1 Å². The summed E-state index contributed by atoms with van der Waals surface area (Å²) in [7, 11) is 0. The highest BCUT2D eigenvalue weighted by atomic mass is 35.5. The molecule has 0 atom stereocenters. The van der Waals surface area contributed by atoms with Crippen molar-refractivity contribution in [3.8, 4) is 0 Å². The first-order valence-electron chi connectivity index (χ1n) is 6.79. The number of benzene rings is 1. The standard InChI is InChI=1S/C15H8Cl2N2O2S3/c16-7-1-2-10-8(3-7)18-12(22-10)5-13-19(6-14(20)21)9-4-11(17)23-15(9)24-13/h1-5H,6H2,(H,20,21)/p+1. The number of rotatable bonds is 3. The van der Waals surface area contributed by atoms with Crippen LogP contribution in [0, 0.1) is 0 Å². The summed E-state index contributed by atoms with van der Waals surface area (Å²) < 4.78 is 3.44. The Bertz CT molecular complexity index is 1010. The number of hydrogen-bond donors (Lipinski definition) is 2. The molecule has 2 aromatic heterocycles. The van der Waals surface area contributed by atoms with Crippen molar-refractivity contribution < 1.29 is 14.5 Å². The zero-order valence-electron chi connectivity index (χ0n) is 11.9. The number of carboxylic acids is 1. The predicted octanol–water partition coefficient (Wildman–Crippen LogP) is 5.16. The third-order valence-electron chi connectivity index (χ3n) is 3.37. The Morgan fingerprint density at radius 1 is 1.29 bits per heavy atom. The maximum atomic E-state index is 11.2. The van der Waals surface area contributed by atoms with Gasteiger partial charge in [0.25, 0.3) is 5.01 Å². The van der Waals surface area contributed by atoms with Gasteiger partial charge >= 0.3 is 5.97 Å². The number of nitrogens with one attached hydrogen (secondary N) is 1. The van der Waals surface area contributed by atoms with Gasteiger partial charge in [-0.05, 0) is 18.2 Å². The molecule has 1 aliphatic rings. The van der Waals surface area contributed by atoms with Gasteiger partial charge in [0.1, 0.15) is 4.34 Å². The molecule has 24 heavy (non-hydrogen) atoms. The van der Waals surface area contributed by atoms with Crippen molar-refractivity contribution in [2.75, 3.05) is 5.32 Å². The van der Waals surface area contributed by atoms with E-state index in [0.717, 1.165) is 30.1 Å². The second kappa shape index (κ2) is 6.24. The third-order valence-corrected chi connectivity index (χ3v) is 7.11. The van der Waals surface area contributed by atoms with Crippen LogP contribution in [0.4, 0.5) is 5.69 Å². The topological polar surface area (TPSA) is 53.2 Å². The van der Waals surface area contributed by atoms with Crippen LogP contribution in [0.25, 0.3) is 15.6 Å². The smallest absolute Gasteiger partial charge is 0.370 e. The van der Waals surface area contributed by atoms with Crippen LogP contribution in [0.3, 0.4) is 0 Å². The minimum Gasteiger partial charge on any atom is -0.477 e. The normalized spacial score (nSPS) is 15.0. The van der Waals surface area contributed by atoms with E-state index in [1.54, 1.807) is 16.3 Å². The molecule has 0 bridgehead atoms. The van der Waals surface area contributed by atoms with E-state index < -0.39 is 5.97 Å². The first-order chi connectivity index (χ1) is 11.5. The molecular weight excluding hydrogens is 407 g/mol. The first-order valence-corrected chi connectivity index (χ1v) is 10.00. The van der Waals surface area contributed by atoms with Gasteiger partial charge in [-0.1, -0.05) is 46.3 Å². The number of thiazole rings is 1. The Morgan fingerprint density at radius 3 is 2.92 bits per heavy atom. The van der Waals surface area contributed by atoms with Crippen LogP contribution in [0.1, 0.15) is 5.01 Å². The number of carbonyl (C=O) groups is 1. The number of nitrogens with zero attached hydrogens (tertiary/aromatic N) is 1. The van der Waals surface area contributed by atoms with E-state index in [1.807, 2.05) is 30.3 Å². The maximum absolute atomic E-state index is 11.2. The van der Waals surface area contributed by atoms with Gasteiger partial charge in [-0.25, -0.2) is 4.79 Å². The molecule has 0 unspecified atom stereocenters. The van der Waals surface area contributed by atoms with Gasteiger partial charge in [-0.15, -0.1) is 11.3 Å². The number of thiophene rings is 1. The van der Waals surface area contributed by atoms with Gasteiger partial charge in [-0.2, -0.15) is 4.57 Å². The van der Waals surface area contributed by atoms with E-state index in [9.17, 15) is 9.90 Å². The molecule has 0 radical (unpaired) electrons. The molecule has 0 fully saturated rings. The quantitative estimate of drug-likeness (QED) is 0.580. The Labute approximate surface area is 159 Å². The zero-order valence-corrected chi connectivity index (χ0v) is 15.8. The van der Waals surface area contributed by atoms with Gasteiger partial charge in [0.2, 0.25) is 12.1 Å². The van der Waals surface area contributed by atoms with E-state index in [0.29, 0.717) is 9.36 Å². The van der Waals surface area contributed by atoms with Crippen LogP contribution in [0.5, 0.6) is 0 Å². The number of aliphatic carboxylic acids is 1. The second-order valence-electron chi connectivity index (χ2n) is 5.02. The molecule has 4 nitrogen and oxygen atoms in total. The number of hydrogen-bond acceptors (Lipinski definition) is 5. The lowest BCUT2D eigenvalue weighted by Crippen LogP contribution is -2.39. The van der Waals surface area contributed by atoms with Crippen molar-refractivity contribution in [2.45, 2.75) is 11.4 Å². The van der Waals surface area contributed by atoms with E-state index in [-0.39, 0.29) is 6.54 Å². The zero-order chi connectivity index (χ0) is 16.8. The molecule has 4 rings (SSSR count). The lowest BCUT2D eigenvalue weighted by Gasteiger charge is -1.98. The monoisotopic (exact) mass is 415 g/mol. The minimum atomic E-state index is -0.885. The number of anilines is 1. The fourth-order valence-electron chi connectivity index (χ4n) is 2.42. The number of carboxylic acid groups (broad SMARTS) is 1. The number of thioether (sulfide) groups is 1. The van der Waals surface area contributed by atoms with Crippen LogP contribution in [-0.2, 0) is 11.3 Å². The number of fused-ring (bicyclic) bond motifs is 2. The SMILES string of the molecule is O=C(O)C[n+]1c(/C=C2/Nc3cc(Cl)ccc3S2)sc2sc(Cl)cc21. The van der Waals surface area contributed by atoms with E-state index in [2.05, 4.69) is 5.32 Å². The first kappa shape index (κ1) is 16.2. The van der Waals surface area contributed by atoms with E-state index >= 15 is 0 Å². The summed E-state index contributed by atoms with van der Waals surface area (Å²) in [6.45, 7) is -0.102. The molecule has 0 aliphatic carbocycles. The maximum Gasteiger partial charge on any atom is 0.370 e. The number of aromatic nitrogens is 1. The average molecular weight is 416 g/mol. The highest BCUT2D eigenvalue weighted by Crippen LogP contribution is 2.43. The molecule has 0 amide bonds. The molecule has 2 N–H and O–H groups in total. The Morgan fingerprint density at radius 2 is 2.12 bits per heavy atom. The summed E-state index contributed by atoms with van der Waals surface area (Å²) in [5.74, 6) is -0.885. The molecule has 1 aromatic carbocycles. The van der Waals surface area contributed by atoms with E-state index in [4.69, 9.17) is 23.2 Å². The van der Waals surface area contributed by atoms with Gasteiger partial charge in [0.15, 0.2) is 4.01 Å². The van der Waals surface area contributed by atoms with Gasteiger partial charge in [0.05, 0.1) is 16.8 Å². The van der Waals surface area contributed by atoms with E-state index in [1.165, 1.54) is 22.7 Å². The van der Waals surface area contributed by atoms with Gasteiger partial charge in [-0.3, -0.25) is 0 Å². The Balaban J connectivity index is 1.74. The summed E-state index contributed by atoms with van der Waals surface area (Å²) >= 11 is 16.7. The molecule has 3 aromatic rings. The predicted molar refractivity (Wildman–Crippen MR) is 101 cm³/mol. The third kappa shape index (κ3) is 3.02. The molecule has 0 saturated heterocycles. The minimum absolute atomic E-state index is 0.102. The highest BCUT2D eigenvalue weighted by Gasteiger charge is 2.26.